The molecule has 0 aromatic heterocycles. The zero-order valence-corrected chi connectivity index (χ0v) is 11.0. The van der Waals surface area contributed by atoms with E-state index in [0.717, 1.165) is 12.8 Å². The third kappa shape index (κ3) is 3.05. The molecule has 0 aromatic rings. The normalized spacial score (nSPS) is 29.8. The van der Waals surface area contributed by atoms with Crippen LogP contribution < -0.4 is 4.72 Å². The molecule has 2 bridgehead atoms. The largest absolute Gasteiger partial charge is 0.300 e. The molecule has 5 nitrogen and oxygen atoms in total. The first kappa shape index (κ1) is 13.0. The van der Waals surface area contributed by atoms with Gasteiger partial charge in [-0.1, -0.05) is 6.92 Å². The zero-order valence-electron chi connectivity index (χ0n) is 10.2. The number of sulfonamides is 1. The first-order valence-corrected chi connectivity index (χ1v) is 7.92. The molecule has 0 aliphatic carbocycles. The average Bonchev–Trinajstić information content (AvgIpc) is 2.47. The molecule has 0 aromatic carbocycles. The number of carbonyl (C=O) groups excluding carboxylic acids is 1. The van der Waals surface area contributed by atoms with Crippen molar-refractivity contribution >= 4 is 15.8 Å². The van der Waals surface area contributed by atoms with Crippen molar-refractivity contribution in [2.75, 3.05) is 18.8 Å². The van der Waals surface area contributed by atoms with Gasteiger partial charge in [-0.3, -0.25) is 9.69 Å². The van der Waals surface area contributed by atoms with Crippen LogP contribution in [0.5, 0.6) is 0 Å². The Labute approximate surface area is 103 Å². The van der Waals surface area contributed by atoms with Crippen LogP contribution in [0.15, 0.2) is 0 Å². The van der Waals surface area contributed by atoms with Gasteiger partial charge in [-0.05, 0) is 12.8 Å². The third-order valence-corrected chi connectivity index (χ3v) is 5.13. The van der Waals surface area contributed by atoms with Crippen LogP contribution in [0.1, 0.15) is 32.6 Å². The number of hydrogen-bond donors (Lipinski definition) is 1. The highest BCUT2D eigenvalue weighted by Gasteiger charge is 2.39. The Kier molecular flexibility index (Phi) is 3.85. The molecule has 2 fully saturated rings. The topological polar surface area (TPSA) is 66.5 Å². The van der Waals surface area contributed by atoms with E-state index in [0.29, 0.717) is 31.7 Å². The minimum absolute atomic E-state index is 0.141. The Morgan fingerprint density at radius 3 is 2.41 bits per heavy atom. The van der Waals surface area contributed by atoms with Crippen LogP contribution in [0, 0.1) is 0 Å². The third-order valence-electron chi connectivity index (χ3n) is 3.68. The summed E-state index contributed by atoms with van der Waals surface area (Å²) in [4.78, 5) is 13.6. The molecule has 0 amide bonds. The second-order valence-corrected chi connectivity index (χ2v) is 6.81. The van der Waals surface area contributed by atoms with Gasteiger partial charge >= 0.3 is 0 Å². The van der Waals surface area contributed by atoms with E-state index >= 15 is 0 Å². The summed E-state index contributed by atoms with van der Waals surface area (Å²) < 4.78 is 25.6. The van der Waals surface area contributed by atoms with E-state index < -0.39 is 10.0 Å². The van der Waals surface area contributed by atoms with Crippen molar-refractivity contribution < 1.29 is 13.2 Å². The van der Waals surface area contributed by atoms with Crippen molar-refractivity contribution in [3.63, 3.8) is 0 Å². The summed E-state index contributed by atoms with van der Waals surface area (Å²) in [5, 5.41) is 0. The summed E-state index contributed by atoms with van der Waals surface area (Å²) in [6, 6.07) is 0.580. The van der Waals surface area contributed by atoms with Gasteiger partial charge in [0, 0.05) is 38.0 Å². The fourth-order valence-electron chi connectivity index (χ4n) is 2.94. The Bertz CT molecular complexity index is 378. The standard InChI is InChI=1S/C11H20N2O3S/c1-2-12-17(15,16)6-5-13-9-3-4-10(13)8-11(14)7-9/h9-10,12H,2-8H2,1H3. The van der Waals surface area contributed by atoms with Gasteiger partial charge in [0.15, 0.2) is 0 Å². The number of nitrogens with zero attached hydrogens (tertiary/aromatic N) is 1. The molecule has 2 heterocycles. The number of fused-ring (bicyclic) bond motifs is 2. The van der Waals surface area contributed by atoms with Crippen LogP contribution in [0.25, 0.3) is 0 Å². The van der Waals surface area contributed by atoms with E-state index in [1.807, 2.05) is 0 Å². The lowest BCUT2D eigenvalue weighted by atomic mass is 10.0. The molecule has 2 aliphatic rings. The minimum atomic E-state index is -3.14. The number of hydrogen-bond acceptors (Lipinski definition) is 4. The fraction of sp³-hybridized carbons (Fsp3) is 0.909. The molecule has 6 heteroatoms. The van der Waals surface area contributed by atoms with Gasteiger partial charge in [-0.15, -0.1) is 0 Å². The molecule has 2 aliphatic heterocycles. The molecular formula is C11H20N2O3S. The predicted octanol–water partition coefficient (Wildman–Crippen LogP) is 0.122. The van der Waals surface area contributed by atoms with E-state index in [9.17, 15) is 13.2 Å². The monoisotopic (exact) mass is 260 g/mol. The van der Waals surface area contributed by atoms with Crippen LogP contribution in [0.3, 0.4) is 0 Å². The van der Waals surface area contributed by atoms with Crippen molar-refractivity contribution in [3.05, 3.63) is 0 Å². The summed E-state index contributed by atoms with van der Waals surface area (Å²) in [5.74, 6) is 0.477. The second kappa shape index (κ2) is 5.04. The molecule has 1 N–H and O–H groups in total. The number of nitrogens with one attached hydrogen (secondary N) is 1. The van der Waals surface area contributed by atoms with Crippen molar-refractivity contribution in [1.82, 2.24) is 9.62 Å². The Morgan fingerprint density at radius 1 is 1.29 bits per heavy atom. The van der Waals surface area contributed by atoms with Gasteiger partial charge < -0.3 is 0 Å². The van der Waals surface area contributed by atoms with E-state index in [1.165, 1.54) is 0 Å². The van der Waals surface area contributed by atoms with E-state index in [1.54, 1.807) is 6.92 Å². The van der Waals surface area contributed by atoms with Gasteiger partial charge in [0.2, 0.25) is 10.0 Å². The molecule has 2 saturated heterocycles. The Morgan fingerprint density at radius 2 is 1.88 bits per heavy atom. The van der Waals surface area contributed by atoms with Crippen LogP contribution >= 0.6 is 0 Å². The lowest BCUT2D eigenvalue weighted by Crippen LogP contribution is -2.46. The van der Waals surface area contributed by atoms with Crippen LogP contribution in [0.4, 0.5) is 0 Å². The highest BCUT2D eigenvalue weighted by molar-refractivity contribution is 7.89. The van der Waals surface area contributed by atoms with Crippen LogP contribution in [-0.2, 0) is 14.8 Å². The molecule has 2 atom stereocenters. The molecule has 0 saturated carbocycles. The number of piperidine rings is 1. The summed E-state index contributed by atoms with van der Waals surface area (Å²) in [6.45, 7) is 2.77. The number of rotatable bonds is 5. The highest BCUT2D eigenvalue weighted by atomic mass is 32.2. The lowest BCUT2D eigenvalue weighted by molar-refractivity contribution is -0.123. The summed E-state index contributed by atoms with van der Waals surface area (Å²) >= 11 is 0. The first-order valence-electron chi connectivity index (χ1n) is 6.26. The average molecular weight is 260 g/mol. The predicted molar refractivity (Wildman–Crippen MR) is 65.2 cm³/mol. The Balaban J connectivity index is 1.91. The summed E-state index contributed by atoms with van der Waals surface area (Å²) in [7, 11) is -3.14. The number of Topliss-reactive ketones (excluding diaryl/α,β-unsaturated/α-hetero) is 1. The van der Waals surface area contributed by atoms with Crippen LogP contribution in [-0.4, -0.2) is 50.0 Å². The molecule has 2 unspecified atom stereocenters. The molecule has 0 spiro atoms. The molecule has 98 valence electrons. The van der Waals surface area contributed by atoms with E-state index in [2.05, 4.69) is 9.62 Å². The van der Waals surface area contributed by atoms with E-state index in [4.69, 9.17) is 0 Å². The maximum atomic E-state index is 11.6. The van der Waals surface area contributed by atoms with Crippen molar-refractivity contribution in [2.24, 2.45) is 0 Å². The number of carbonyl (C=O) groups is 1. The van der Waals surface area contributed by atoms with Gasteiger partial charge in [-0.2, -0.15) is 0 Å². The van der Waals surface area contributed by atoms with Gasteiger partial charge in [0.25, 0.3) is 0 Å². The lowest BCUT2D eigenvalue weighted by Gasteiger charge is -2.33. The van der Waals surface area contributed by atoms with Gasteiger partial charge in [0.05, 0.1) is 5.75 Å². The molecule has 17 heavy (non-hydrogen) atoms. The van der Waals surface area contributed by atoms with Crippen molar-refractivity contribution in [2.45, 2.75) is 44.7 Å². The van der Waals surface area contributed by atoms with Crippen LogP contribution in [0.2, 0.25) is 0 Å². The second-order valence-electron chi connectivity index (χ2n) is 4.89. The SMILES string of the molecule is CCNS(=O)(=O)CCN1C2CCC1CC(=O)C2. The molecule has 2 rings (SSSR count). The minimum Gasteiger partial charge on any atom is -0.300 e. The van der Waals surface area contributed by atoms with E-state index in [-0.39, 0.29) is 17.8 Å². The van der Waals surface area contributed by atoms with Crippen molar-refractivity contribution in [1.29, 1.82) is 0 Å². The fourth-order valence-corrected chi connectivity index (χ4v) is 3.98. The highest BCUT2D eigenvalue weighted by Crippen LogP contribution is 2.33. The smallest absolute Gasteiger partial charge is 0.212 e. The van der Waals surface area contributed by atoms with Gasteiger partial charge in [-0.25, -0.2) is 13.1 Å². The zero-order chi connectivity index (χ0) is 12.5. The maximum absolute atomic E-state index is 11.6. The summed E-state index contributed by atoms with van der Waals surface area (Å²) in [6.07, 6.45) is 3.30. The van der Waals surface area contributed by atoms with Crippen molar-refractivity contribution in [3.8, 4) is 0 Å². The number of ketones is 1. The Hall–Kier alpha value is -0.460. The first-order chi connectivity index (χ1) is 8.02. The summed E-state index contributed by atoms with van der Waals surface area (Å²) in [5.41, 5.74) is 0. The molecular weight excluding hydrogens is 240 g/mol. The maximum Gasteiger partial charge on any atom is 0.212 e. The van der Waals surface area contributed by atoms with Gasteiger partial charge in [0.1, 0.15) is 5.78 Å². The quantitative estimate of drug-likeness (QED) is 0.762. The molecule has 0 radical (unpaired) electrons.